The van der Waals surface area contributed by atoms with Gasteiger partial charge in [0.05, 0.1) is 12.2 Å². The second-order valence-electron chi connectivity index (χ2n) is 7.93. The zero-order chi connectivity index (χ0) is 22.3. The van der Waals surface area contributed by atoms with Crippen molar-refractivity contribution in [2.75, 3.05) is 5.32 Å². The summed E-state index contributed by atoms with van der Waals surface area (Å²) in [4.78, 5) is 26.6. The summed E-state index contributed by atoms with van der Waals surface area (Å²) in [6.07, 6.45) is 6.48. The first-order valence-corrected chi connectivity index (χ1v) is 10.3. The summed E-state index contributed by atoms with van der Waals surface area (Å²) in [5.74, 6) is 0.389. The van der Waals surface area contributed by atoms with Gasteiger partial charge in [-0.25, -0.2) is 23.7 Å². The normalized spacial score (nSPS) is 19.2. The first-order chi connectivity index (χ1) is 15.4. The molecule has 0 saturated carbocycles. The maximum absolute atomic E-state index is 13.2. The number of benzene rings is 1. The van der Waals surface area contributed by atoms with Crippen molar-refractivity contribution in [2.24, 2.45) is 0 Å². The Balaban J connectivity index is 1.70. The third kappa shape index (κ3) is 3.56. The maximum Gasteiger partial charge on any atom is 0.278 e. The molecular formula is C23H21FN6O2. The molecule has 162 valence electrons. The molecule has 4 aromatic rings. The van der Waals surface area contributed by atoms with Crippen LogP contribution in [0.15, 0.2) is 65.6 Å². The zero-order valence-electron chi connectivity index (χ0n) is 17.4. The number of anilines is 2. The highest BCUT2D eigenvalue weighted by atomic mass is 19.1. The van der Waals surface area contributed by atoms with Gasteiger partial charge < -0.3 is 10.4 Å². The van der Waals surface area contributed by atoms with Crippen LogP contribution in [0.2, 0.25) is 0 Å². The lowest BCUT2D eigenvalue weighted by Gasteiger charge is -2.22. The van der Waals surface area contributed by atoms with Gasteiger partial charge >= 0.3 is 0 Å². The van der Waals surface area contributed by atoms with Crippen LogP contribution in [0, 0.1) is 5.82 Å². The molecule has 0 radical (unpaired) electrons. The number of allylic oxidation sites excluding steroid dienone is 2. The standard InChI is InChI=1S/C23H21FN6O2/c1-23(32)12-3-2-4-13-29-21(31)17-14-25-22(26-16-10-8-15(24)9-11-16)28-20(17)30(29)19-7-5-6-18(23)27-19/h2,4-11,14,32H,3,12-13H2,1H3,(H,25,26,28)/b4-2-/t23-/m1/s1. The van der Waals surface area contributed by atoms with E-state index in [-0.39, 0.29) is 17.3 Å². The number of pyridine rings is 1. The Morgan fingerprint density at radius 3 is 2.75 bits per heavy atom. The van der Waals surface area contributed by atoms with Gasteiger partial charge in [0, 0.05) is 11.9 Å². The minimum Gasteiger partial charge on any atom is -0.384 e. The van der Waals surface area contributed by atoms with Crippen LogP contribution in [-0.4, -0.2) is 29.4 Å². The second-order valence-corrected chi connectivity index (χ2v) is 7.93. The van der Waals surface area contributed by atoms with Crippen LogP contribution >= 0.6 is 0 Å². The molecule has 1 aliphatic heterocycles. The van der Waals surface area contributed by atoms with Crippen molar-refractivity contribution < 1.29 is 9.50 Å². The first kappa shape index (κ1) is 20.1. The van der Waals surface area contributed by atoms with Gasteiger partial charge in [-0.05, 0) is 56.2 Å². The number of nitrogens with one attached hydrogen (secondary N) is 1. The molecule has 2 bridgehead atoms. The molecule has 3 aromatic heterocycles. The first-order valence-electron chi connectivity index (χ1n) is 10.3. The molecule has 1 aromatic carbocycles. The van der Waals surface area contributed by atoms with Gasteiger partial charge in [0.25, 0.3) is 5.56 Å². The Hall–Kier alpha value is -3.85. The van der Waals surface area contributed by atoms with Crippen LogP contribution < -0.4 is 10.9 Å². The topological polar surface area (TPSA) is 97.9 Å². The molecule has 0 aliphatic carbocycles. The Morgan fingerprint density at radius 2 is 1.94 bits per heavy atom. The average Bonchev–Trinajstić information content (AvgIpc) is 3.05. The maximum atomic E-state index is 13.2. The number of rotatable bonds is 2. The largest absolute Gasteiger partial charge is 0.384 e. The lowest BCUT2D eigenvalue weighted by atomic mass is 9.95. The zero-order valence-corrected chi connectivity index (χ0v) is 17.4. The highest BCUT2D eigenvalue weighted by Crippen LogP contribution is 2.27. The van der Waals surface area contributed by atoms with Crippen molar-refractivity contribution in [2.45, 2.75) is 31.9 Å². The van der Waals surface area contributed by atoms with Crippen LogP contribution in [0.4, 0.5) is 16.0 Å². The number of aliphatic hydroxyl groups is 1. The van der Waals surface area contributed by atoms with E-state index in [2.05, 4.69) is 20.3 Å². The van der Waals surface area contributed by atoms with Gasteiger partial charge in [0.15, 0.2) is 11.5 Å². The predicted octanol–water partition coefficient (Wildman–Crippen LogP) is 3.42. The molecule has 0 unspecified atom stereocenters. The molecule has 5 rings (SSSR count). The highest BCUT2D eigenvalue weighted by Gasteiger charge is 2.26. The fourth-order valence-corrected chi connectivity index (χ4v) is 3.77. The number of halogens is 1. The molecule has 0 amide bonds. The van der Waals surface area contributed by atoms with Crippen LogP contribution in [0.1, 0.15) is 25.5 Å². The number of nitrogens with zero attached hydrogens (tertiary/aromatic N) is 5. The Labute approximate surface area is 182 Å². The lowest BCUT2D eigenvalue weighted by Crippen LogP contribution is -2.24. The van der Waals surface area contributed by atoms with E-state index < -0.39 is 5.60 Å². The van der Waals surface area contributed by atoms with Crippen LogP contribution in [0.5, 0.6) is 0 Å². The molecule has 0 saturated heterocycles. The molecule has 8 nitrogen and oxygen atoms in total. The van der Waals surface area contributed by atoms with Gasteiger partial charge in [-0.15, -0.1) is 0 Å². The van der Waals surface area contributed by atoms with Gasteiger partial charge in [-0.2, -0.15) is 4.98 Å². The molecule has 1 atom stereocenters. The monoisotopic (exact) mass is 432 g/mol. The summed E-state index contributed by atoms with van der Waals surface area (Å²) < 4.78 is 16.4. The molecule has 0 fully saturated rings. The molecule has 9 heteroatoms. The number of aromatic nitrogens is 5. The van der Waals surface area contributed by atoms with Crippen molar-refractivity contribution in [3.8, 4) is 5.82 Å². The summed E-state index contributed by atoms with van der Waals surface area (Å²) in [6, 6.07) is 11.2. The number of fused-ring (bicyclic) bond motifs is 6. The quantitative estimate of drug-likeness (QED) is 0.471. The Kier molecular flexibility index (Phi) is 4.82. The number of hydrogen-bond donors (Lipinski definition) is 2. The minimum absolute atomic E-state index is 0.240. The van der Waals surface area contributed by atoms with Crippen molar-refractivity contribution in [1.82, 2.24) is 24.3 Å². The van der Waals surface area contributed by atoms with Crippen molar-refractivity contribution >= 4 is 22.7 Å². The second kappa shape index (κ2) is 7.69. The summed E-state index contributed by atoms with van der Waals surface area (Å²) in [5, 5.41) is 14.3. The van der Waals surface area contributed by atoms with E-state index in [1.165, 1.54) is 18.3 Å². The lowest BCUT2D eigenvalue weighted by molar-refractivity contribution is 0.0443. The average molecular weight is 432 g/mol. The predicted molar refractivity (Wildman–Crippen MR) is 119 cm³/mol. The van der Waals surface area contributed by atoms with E-state index in [1.807, 2.05) is 12.2 Å². The number of hydrogen-bond acceptors (Lipinski definition) is 6. The van der Waals surface area contributed by atoms with Gasteiger partial charge in [-0.3, -0.25) is 4.79 Å². The minimum atomic E-state index is -1.11. The third-order valence-electron chi connectivity index (χ3n) is 5.52. The van der Waals surface area contributed by atoms with E-state index >= 15 is 0 Å². The van der Waals surface area contributed by atoms with Gasteiger partial charge in [0.1, 0.15) is 16.8 Å². The summed E-state index contributed by atoms with van der Waals surface area (Å²) in [5.41, 5.74) is 0.167. The summed E-state index contributed by atoms with van der Waals surface area (Å²) in [7, 11) is 0. The van der Waals surface area contributed by atoms with Crippen molar-refractivity contribution in [1.29, 1.82) is 0 Å². The fraction of sp³-hybridized carbons (Fsp3) is 0.217. The van der Waals surface area contributed by atoms with E-state index in [9.17, 15) is 14.3 Å². The van der Waals surface area contributed by atoms with Crippen LogP contribution in [-0.2, 0) is 12.1 Å². The SMILES string of the molecule is C[C@@]1(O)CC/C=C\Cn2c(=O)c3cnc(Nc4ccc(F)cc4)nc3n2-c2cccc1n2. The molecule has 1 aliphatic rings. The summed E-state index contributed by atoms with van der Waals surface area (Å²) >= 11 is 0. The third-order valence-corrected chi connectivity index (χ3v) is 5.52. The molecular weight excluding hydrogens is 411 g/mol. The molecule has 2 N–H and O–H groups in total. The summed E-state index contributed by atoms with van der Waals surface area (Å²) in [6.45, 7) is 2.06. The van der Waals surface area contributed by atoms with Crippen LogP contribution in [0.25, 0.3) is 16.9 Å². The van der Waals surface area contributed by atoms with Crippen molar-refractivity contribution in [3.05, 3.63) is 82.7 Å². The Morgan fingerprint density at radius 1 is 1.12 bits per heavy atom. The van der Waals surface area contributed by atoms with Gasteiger partial charge in [-0.1, -0.05) is 18.2 Å². The van der Waals surface area contributed by atoms with E-state index in [4.69, 9.17) is 0 Å². The van der Waals surface area contributed by atoms with Crippen LogP contribution in [0.3, 0.4) is 0 Å². The molecule has 4 heterocycles. The van der Waals surface area contributed by atoms with E-state index in [0.717, 1.165) is 0 Å². The van der Waals surface area contributed by atoms with Crippen molar-refractivity contribution in [3.63, 3.8) is 0 Å². The smallest absolute Gasteiger partial charge is 0.278 e. The van der Waals surface area contributed by atoms with E-state index in [1.54, 1.807) is 46.6 Å². The van der Waals surface area contributed by atoms with Gasteiger partial charge in [0.2, 0.25) is 5.95 Å². The molecule has 32 heavy (non-hydrogen) atoms. The fourth-order valence-electron chi connectivity index (χ4n) is 3.77. The van der Waals surface area contributed by atoms with E-state index in [0.29, 0.717) is 47.6 Å². The Bertz CT molecular complexity index is 1390. The highest BCUT2D eigenvalue weighted by molar-refractivity contribution is 5.77. The molecule has 0 spiro atoms.